The average molecular weight is 443 g/mol. The lowest BCUT2D eigenvalue weighted by Crippen LogP contribution is -2.48. The van der Waals surface area contributed by atoms with Gasteiger partial charge in [-0.1, -0.05) is 11.3 Å². The van der Waals surface area contributed by atoms with Crippen LogP contribution in [0, 0.1) is 44.9 Å². The number of amides is 1. The minimum atomic E-state index is -0.751. The van der Waals surface area contributed by atoms with E-state index >= 15 is 0 Å². The van der Waals surface area contributed by atoms with Crippen molar-refractivity contribution in [2.45, 2.75) is 50.9 Å². The fourth-order valence-corrected chi connectivity index (χ4v) is 7.20. The highest BCUT2D eigenvalue weighted by atomic mass is 32.1. The van der Waals surface area contributed by atoms with E-state index in [9.17, 15) is 25.0 Å². The highest BCUT2D eigenvalue weighted by Crippen LogP contribution is 2.61. The molecule has 162 valence electrons. The van der Waals surface area contributed by atoms with Gasteiger partial charge in [0.1, 0.15) is 5.01 Å². The van der Waals surface area contributed by atoms with Crippen LogP contribution < -0.4 is 5.32 Å². The Labute approximate surface area is 181 Å². The van der Waals surface area contributed by atoms with Gasteiger partial charge in [-0.05, 0) is 63.2 Å². The molecule has 4 aliphatic rings. The Hall–Kier alpha value is -2.95. The van der Waals surface area contributed by atoms with Gasteiger partial charge in [0.25, 0.3) is 17.3 Å². The summed E-state index contributed by atoms with van der Waals surface area (Å²) in [5.41, 5.74) is -0.971. The third kappa shape index (κ3) is 3.36. The zero-order valence-corrected chi connectivity index (χ0v) is 17.7. The number of rotatable bonds is 5. The maximum atomic E-state index is 12.8. The van der Waals surface area contributed by atoms with Gasteiger partial charge in [0.05, 0.1) is 21.5 Å². The molecule has 0 saturated heterocycles. The van der Waals surface area contributed by atoms with Crippen molar-refractivity contribution in [3.8, 4) is 0 Å². The third-order valence-electron chi connectivity index (χ3n) is 7.15. The van der Waals surface area contributed by atoms with Crippen molar-refractivity contribution in [3.05, 3.63) is 48.5 Å². The highest BCUT2D eigenvalue weighted by Gasteiger charge is 2.53. The van der Waals surface area contributed by atoms with Crippen molar-refractivity contribution in [3.63, 3.8) is 0 Å². The smallest absolute Gasteiger partial charge is 0.279 e. The minimum Gasteiger partial charge on any atom is -0.296 e. The van der Waals surface area contributed by atoms with E-state index in [1.807, 2.05) is 0 Å². The van der Waals surface area contributed by atoms with Gasteiger partial charge in [0.15, 0.2) is 0 Å². The number of nitrogens with zero attached hydrogens (tertiary/aromatic N) is 4. The van der Waals surface area contributed by atoms with E-state index in [1.54, 1.807) is 0 Å². The second-order valence-electron chi connectivity index (χ2n) is 9.22. The maximum absolute atomic E-state index is 12.8. The zero-order chi connectivity index (χ0) is 21.9. The fraction of sp³-hybridized carbons (Fsp3) is 0.550. The van der Waals surface area contributed by atoms with E-state index in [-0.39, 0.29) is 16.5 Å². The first-order valence-electron chi connectivity index (χ1n) is 10.3. The molecular weight excluding hydrogens is 422 g/mol. The first-order valence-corrected chi connectivity index (χ1v) is 11.1. The Bertz CT molecular complexity index is 1080. The van der Waals surface area contributed by atoms with E-state index in [0.29, 0.717) is 5.13 Å². The number of non-ortho nitro benzene ring substituents is 1. The Morgan fingerprint density at radius 2 is 1.68 bits per heavy atom. The monoisotopic (exact) mass is 443 g/mol. The number of benzene rings is 1. The largest absolute Gasteiger partial charge is 0.296 e. The molecule has 0 aliphatic heterocycles. The molecule has 31 heavy (non-hydrogen) atoms. The standard InChI is InChI=1S/C20H21N5O5S/c1-10-15(5-14(24(27)28)6-16(10)25(29)30)17(26)21-19-23-22-18(31-19)20-7-11-2-12(8-20)4-13(3-11)9-20/h5-6,11-13H,2-4,7-9H2,1H3,(H,21,23,26). The van der Waals surface area contributed by atoms with Gasteiger partial charge in [-0.2, -0.15) is 0 Å². The van der Waals surface area contributed by atoms with Crippen molar-refractivity contribution >= 4 is 33.8 Å². The van der Waals surface area contributed by atoms with Crippen LogP contribution in [-0.4, -0.2) is 26.0 Å². The summed E-state index contributed by atoms with van der Waals surface area (Å²) in [6.07, 6.45) is 7.30. The van der Waals surface area contributed by atoms with Gasteiger partial charge in [-0.25, -0.2) is 0 Å². The number of hydrogen-bond donors (Lipinski definition) is 1. The van der Waals surface area contributed by atoms with Crippen LogP contribution in [0.4, 0.5) is 16.5 Å². The minimum absolute atomic E-state index is 0.0512. The molecule has 4 saturated carbocycles. The molecule has 1 heterocycles. The summed E-state index contributed by atoms with van der Waals surface area (Å²) in [7, 11) is 0. The average Bonchev–Trinajstić information content (AvgIpc) is 3.16. The fourth-order valence-electron chi connectivity index (χ4n) is 6.24. The van der Waals surface area contributed by atoms with E-state index in [0.717, 1.165) is 54.2 Å². The van der Waals surface area contributed by atoms with Crippen molar-refractivity contribution in [2.24, 2.45) is 17.8 Å². The quantitative estimate of drug-likeness (QED) is 0.534. The van der Waals surface area contributed by atoms with E-state index in [4.69, 9.17) is 0 Å². The number of carbonyl (C=O) groups is 1. The molecule has 4 bridgehead atoms. The van der Waals surface area contributed by atoms with E-state index in [2.05, 4.69) is 15.5 Å². The topological polar surface area (TPSA) is 141 Å². The number of nitrogens with one attached hydrogen (secondary N) is 1. The van der Waals surface area contributed by atoms with Gasteiger partial charge in [0, 0.05) is 17.0 Å². The number of hydrogen-bond acceptors (Lipinski definition) is 8. The molecule has 1 amide bonds. The van der Waals surface area contributed by atoms with Crippen LogP contribution in [0.5, 0.6) is 0 Å². The molecule has 1 N–H and O–H groups in total. The van der Waals surface area contributed by atoms with Gasteiger partial charge >= 0.3 is 0 Å². The highest BCUT2D eigenvalue weighted by molar-refractivity contribution is 7.15. The molecular formula is C20H21N5O5S. The summed E-state index contributed by atoms with van der Waals surface area (Å²) in [5.74, 6) is 1.58. The van der Waals surface area contributed by atoms with Crippen molar-refractivity contribution in [1.82, 2.24) is 10.2 Å². The van der Waals surface area contributed by atoms with Gasteiger partial charge in [0.2, 0.25) is 5.13 Å². The van der Waals surface area contributed by atoms with E-state index in [1.165, 1.54) is 37.5 Å². The lowest BCUT2D eigenvalue weighted by molar-refractivity contribution is -0.394. The Kier molecular flexibility index (Phi) is 4.54. The van der Waals surface area contributed by atoms with Crippen LogP contribution in [0.2, 0.25) is 0 Å². The van der Waals surface area contributed by atoms with Crippen LogP contribution >= 0.6 is 11.3 Å². The van der Waals surface area contributed by atoms with Crippen LogP contribution in [0.1, 0.15) is 59.5 Å². The summed E-state index contributed by atoms with van der Waals surface area (Å²) in [6.45, 7) is 1.40. The first-order chi connectivity index (χ1) is 14.7. The van der Waals surface area contributed by atoms with Gasteiger partial charge in [-0.3, -0.25) is 30.3 Å². The predicted molar refractivity (Wildman–Crippen MR) is 112 cm³/mol. The number of carbonyl (C=O) groups excluding carboxylic acids is 1. The number of nitro benzene ring substituents is 2. The maximum Gasteiger partial charge on any atom is 0.279 e. The van der Waals surface area contributed by atoms with Crippen LogP contribution in [-0.2, 0) is 5.41 Å². The number of nitro groups is 2. The number of aromatic nitrogens is 2. The zero-order valence-electron chi connectivity index (χ0n) is 16.9. The second kappa shape index (κ2) is 7.04. The van der Waals surface area contributed by atoms with Crippen molar-refractivity contribution in [1.29, 1.82) is 0 Å². The Balaban J connectivity index is 1.41. The van der Waals surface area contributed by atoms with Crippen LogP contribution in [0.15, 0.2) is 12.1 Å². The summed E-state index contributed by atoms with van der Waals surface area (Å²) >= 11 is 1.35. The predicted octanol–water partition coefficient (Wildman–Crippen LogP) is 4.38. The van der Waals surface area contributed by atoms with Gasteiger partial charge < -0.3 is 0 Å². The third-order valence-corrected chi connectivity index (χ3v) is 8.24. The molecule has 0 spiro atoms. The molecule has 2 aromatic rings. The molecule has 0 unspecified atom stereocenters. The first kappa shape index (κ1) is 20.0. The van der Waals surface area contributed by atoms with Crippen LogP contribution in [0.25, 0.3) is 0 Å². The molecule has 4 aliphatic carbocycles. The molecule has 1 aromatic carbocycles. The summed E-state index contributed by atoms with van der Waals surface area (Å²) < 4.78 is 0. The molecule has 0 atom stereocenters. The molecule has 11 heteroatoms. The number of anilines is 1. The normalized spacial score (nSPS) is 28.5. The molecule has 10 nitrogen and oxygen atoms in total. The lowest BCUT2D eigenvalue weighted by Gasteiger charge is -2.55. The van der Waals surface area contributed by atoms with E-state index < -0.39 is 27.1 Å². The summed E-state index contributed by atoms with van der Waals surface area (Å²) in [5, 5.41) is 34.9. The molecule has 6 rings (SSSR count). The summed E-state index contributed by atoms with van der Waals surface area (Å²) in [4.78, 5) is 33.8. The Morgan fingerprint density at radius 3 is 2.23 bits per heavy atom. The van der Waals surface area contributed by atoms with Gasteiger partial charge in [-0.15, -0.1) is 10.2 Å². The lowest BCUT2D eigenvalue weighted by atomic mass is 9.50. The van der Waals surface area contributed by atoms with Crippen molar-refractivity contribution < 1.29 is 14.6 Å². The molecule has 0 radical (unpaired) electrons. The molecule has 4 fully saturated rings. The van der Waals surface area contributed by atoms with Crippen molar-refractivity contribution in [2.75, 3.05) is 5.32 Å². The molecule has 1 aromatic heterocycles. The Morgan fingerprint density at radius 1 is 1.06 bits per heavy atom. The summed E-state index contributed by atoms with van der Waals surface area (Å²) in [6, 6.07) is 1.92. The van der Waals surface area contributed by atoms with Crippen LogP contribution in [0.3, 0.4) is 0 Å². The SMILES string of the molecule is Cc1c(C(=O)Nc2nnc(C34CC5CC(CC(C5)C3)C4)s2)cc([N+](=O)[O-])cc1[N+](=O)[O-]. The second-order valence-corrected chi connectivity index (χ2v) is 10.2.